The van der Waals surface area contributed by atoms with Crippen molar-refractivity contribution in [3.63, 3.8) is 0 Å². The Morgan fingerprint density at radius 3 is 2.70 bits per heavy atom. The Morgan fingerprint density at radius 1 is 1.17 bits per heavy atom. The van der Waals surface area contributed by atoms with Gasteiger partial charge in [-0.2, -0.15) is 0 Å². The molecule has 5 heteroatoms. The van der Waals surface area contributed by atoms with E-state index in [1.54, 1.807) is 23.8 Å². The summed E-state index contributed by atoms with van der Waals surface area (Å²) in [5.74, 6) is 1.54. The molecule has 0 aliphatic heterocycles. The van der Waals surface area contributed by atoms with Gasteiger partial charge in [-0.3, -0.25) is 9.20 Å². The zero-order valence-corrected chi connectivity index (χ0v) is 13.3. The van der Waals surface area contributed by atoms with Gasteiger partial charge in [-0.05, 0) is 36.2 Å². The quantitative estimate of drug-likeness (QED) is 0.726. The first kappa shape index (κ1) is 15.1. The maximum Gasteiger partial charge on any atom is 0.259 e. The lowest BCUT2D eigenvalue weighted by Crippen LogP contribution is -2.25. The van der Waals surface area contributed by atoms with Crippen LogP contribution < -0.4 is 15.2 Å². The number of hydrogen-bond donors (Lipinski definition) is 0. The third kappa shape index (κ3) is 3.34. The van der Waals surface area contributed by atoms with Gasteiger partial charge in [0, 0.05) is 25.9 Å². The molecule has 118 valence electrons. The van der Waals surface area contributed by atoms with Crippen LogP contribution in [-0.2, 0) is 6.42 Å². The van der Waals surface area contributed by atoms with Gasteiger partial charge in [0.2, 0.25) is 0 Å². The summed E-state index contributed by atoms with van der Waals surface area (Å²) in [5, 5.41) is 0. The molecule has 0 aliphatic rings. The molecule has 5 nitrogen and oxygen atoms in total. The number of aromatic nitrogens is 2. The van der Waals surface area contributed by atoms with Crippen LogP contribution in [0.3, 0.4) is 0 Å². The zero-order valence-electron chi connectivity index (χ0n) is 13.3. The molecule has 0 fully saturated rings. The van der Waals surface area contributed by atoms with Gasteiger partial charge in [0.1, 0.15) is 17.2 Å². The van der Waals surface area contributed by atoms with Crippen LogP contribution in [0, 0.1) is 0 Å². The lowest BCUT2D eigenvalue weighted by Gasteiger charge is -2.18. The topological polar surface area (TPSA) is 46.8 Å². The van der Waals surface area contributed by atoms with Crippen LogP contribution >= 0.6 is 0 Å². The number of benzene rings is 1. The molecule has 0 atom stereocenters. The first-order chi connectivity index (χ1) is 11.2. The number of likely N-dealkylation sites (N-methyl/N-ethyl adjacent to an activating group) is 1. The average molecular weight is 309 g/mol. The van der Waals surface area contributed by atoms with Crippen molar-refractivity contribution in [3.05, 3.63) is 70.6 Å². The Hall–Kier alpha value is -2.82. The van der Waals surface area contributed by atoms with E-state index in [1.165, 1.54) is 5.56 Å². The van der Waals surface area contributed by atoms with Gasteiger partial charge >= 0.3 is 0 Å². The SMILES string of the molecule is COc1ccc(CCN(C)c2cc(=O)n3ccccc3n2)cc1. The van der Waals surface area contributed by atoms with E-state index >= 15 is 0 Å². The number of fused-ring (bicyclic) bond motifs is 1. The molecule has 3 aromatic rings. The van der Waals surface area contributed by atoms with Crippen molar-refractivity contribution in [1.82, 2.24) is 9.38 Å². The van der Waals surface area contributed by atoms with Gasteiger partial charge in [-0.1, -0.05) is 18.2 Å². The first-order valence-electron chi connectivity index (χ1n) is 7.50. The summed E-state index contributed by atoms with van der Waals surface area (Å²) in [4.78, 5) is 18.7. The molecule has 2 heterocycles. The summed E-state index contributed by atoms with van der Waals surface area (Å²) in [5.41, 5.74) is 1.81. The van der Waals surface area contributed by atoms with E-state index in [4.69, 9.17) is 4.74 Å². The monoisotopic (exact) mass is 309 g/mol. The highest BCUT2D eigenvalue weighted by atomic mass is 16.5. The van der Waals surface area contributed by atoms with Gasteiger partial charge in [0.25, 0.3) is 5.56 Å². The van der Waals surface area contributed by atoms with Crippen molar-refractivity contribution >= 4 is 11.5 Å². The highest BCUT2D eigenvalue weighted by Gasteiger charge is 2.07. The highest BCUT2D eigenvalue weighted by molar-refractivity contribution is 5.47. The molecule has 3 rings (SSSR count). The molecule has 0 N–H and O–H groups in total. The summed E-state index contributed by atoms with van der Waals surface area (Å²) in [7, 11) is 3.61. The molecule has 0 aliphatic carbocycles. The number of rotatable bonds is 5. The van der Waals surface area contributed by atoms with E-state index in [0.717, 1.165) is 18.7 Å². The fourth-order valence-corrected chi connectivity index (χ4v) is 2.44. The maximum absolute atomic E-state index is 12.1. The van der Waals surface area contributed by atoms with Crippen LogP contribution in [0.4, 0.5) is 5.82 Å². The molecule has 0 radical (unpaired) electrons. The number of pyridine rings is 1. The Balaban J connectivity index is 1.75. The van der Waals surface area contributed by atoms with Gasteiger partial charge in [-0.15, -0.1) is 0 Å². The van der Waals surface area contributed by atoms with Crippen molar-refractivity contribution in [3.8, 4) is 5.75 Å². The van der Waals surface area contributed by atoms with Crippen molar-refractivity contribution in [2.75, 3.05) is 25.6 Å². The number of methoxy groups -OCH3 is 1. The minimum atomic E-state index is -0.0677. The third-order valence-electron chi connectivity index (χ3n) is 3.84. The third-order valence-corrected chi connectivity index (χ3v) is 3.84. The minimum Gasteiger partial charge on any atom is -0.497 e. The molecule has 0 saturated carbocycles. The average Bonchev–Trinajstić information content (AvgIpc) is 2.60. The second-order valence-electron chi connectivity index (χ2n) is 5.40. The van der Waals surface area contributed by atoms with Crippen LogP contribution in [0.25, 0.3) is 5.65 Å². The predicted molar refractivity (Wildman–Crippen MR) is 91.4 cm³/mol. The fraction of sp³-hybridized carbons (Fsp3) is 0.222. The summed E-state index contributed by atoms with van der Waals surface area (Å²) >= 11 is 0. The molecule has 0 spiro atoms. The lowest BCUT2D eigenvalue weighted by atomic mass is 10.1. The predicted octanol–water partition coefficient (Wildman–Crippen LogP) is 2.38. The van der Waals surface area contributed by atoms with Gasteiger partial charge in [0.05, 0.1) is 7.11 Å². The van der Waals surface area contributed by atoms with E-state index < -0.39 is 0 Å². The fourth-order valence-electron chi connectivity index (χ4n) is 2.44. The van der Waals surface area contributed by atoms with Crippen LogP contribution in [-0.4, -0.2) is 30.1 Å². The summed E-state index contributed by atoms with van der Waals surface area (Å²) < 4.78 is 6.70. The minimum absolute atomic E-state index is 0.0677. The molecular formula is C18H19N3O2. The van der Waals surface area contributed by atoms with Crippen molar-refractivity contribution in [2.45, 2.75) is 6.42 Å². The zero-order chi connectivity index (χ0) is 16.2. The summed E-state index contributed by atoms with van der Waals surface area (Å²) in [6.45, 7) is 0.780. The number of nitrogens with zero attached hydrogens (tertiary/aromatic N) is 3. The Kier molecular flexibility index (Phi) is 4.28. The van der Waals surface area contributed by atoms with E-state index in [9.17, 15) is 4.79 Å². The largest absolute Gasteiger partial charge is 0.497 e. The van der Waals surface area contributed by atoms with Gasteiger partial charge < -0.3 is 9.64 Å². The molecule has 0 bridgehead atoms. The normalized spacial score (nSPS) is 10.7. The Labute approximate surface area is 134 Å². The van der Waals surface area contributed by atoms with Gasteiger partial charge in [0.15, 0.2) is 0 Å². The Morgan fingerprint density at radius 2 is 1.96 bits per heavy atom. The second kappa shape index (κ2) is 6.52. The first-order valence-corrected chi connectivity index (χ1v) is 7.50. The highest BCUT2D eigenvalue weighted by Crippen LogP contribution is 2.13. The second-order valence-corrected chi connectivity index (χ2v) is 5.40. The van der Waals surface area contributed by atoms with Crippen LogP contribution in [0.5, 0.6) is 5.75 Å². The number of hydrogen-bond acceptors (Lipinski definition) is 4. The van der Waals surface area contributed by atoms with E-state index in [-0.39, 0.29) is 5.56 Å². The molecule has 2 aromatic heterocycles. The van der Waals surface area contributed by atoms with E-state index in [0.29, 0.717) is 11.5 Å². The standard InChI is InChI=1S/C18H19N3O2/c1-20(12-10-14-6-8-15(23-2)9-7-14)17-13-18(22)21-11-4-3-5-16(21)19-17/h3-9,11,13H,10,12H2,1-2H3. The number of anilines is 1. The summed E-state index contributed by atoms with van der Waals surface area (Å²) in [6.07, 6.45) is 2.60. The molecule has 1 aromatic carbocycles. The molecular weight excluding hydrogens is 290 g/mol. The Bertz CT molecular complexity index is 856. The molecule has 0 unspecified atom stereocenters. The number of ether oxygens (including phenoxy) is 1. The summed E-state index contributed by atoms with van der Waals surface area (Å²) in [6, 6.07) is 15.1. The van der Waals surface area contributed by atoms with Crippen LogP contribution in [0.1, 0.15) is 5.56 Å². The van der Waals surface area contributed by atoms with E-state index in [1.807, 2.05) is 42.3 Å². The van der Waals surface area contributed by atoms with E-state index in [2.05, 4.69) is 17.1 Å². The smallest absolute Gasteiger partial charge is 0.259 e. The molecule has 0 saturated heterocycles. The molecule has 23 heavy (non-hydrogen) atoms. The van der Waals surface area contributed by atoms with Crippen LogP contribution in [0.15, 0.2) is 59.5 Å². The van der Waals surface area contributed by atoms with Crippen molar-refractivity contribution in [2.24, 2.45) is 0 Å². The van der Waals surface area contributed by atoms with Crippen LogP contribution in [0.2, 0.25) is 0 Å². The van der Waals surface area contributed by atoms with Crippen molar-refractivity contribution < 1.29 is 4.74 Å². The maximum atomic E-state index is 12.1. The van der Waals surface area contributed by atoms with Crippen molar-refractivity contribution in [1.29, 1.82) is 0 Å². The van der Waals surface area contributed by atoms with Gasteiger partial charge in [-0.25, -0.2) is 4.98 Å². The molecule has 0 amide bonds. The lowest BCUT2D eigenvalue weighted by molar-refractivity contribution is 0.414.